The largest absolute Gasteiger partial charge is 0.293 e. The Bertz CT molecular complexity index is 427. The van der Waals surface area contributed by atoms with Crippen LogP contribution in [0.3, 0.4) is 0 Å². The predicted octanol–water partition coefficient (Wildman–Crippen LogP) is 2.22. The van der Waals surface area contributed by atoms with Gasteiger partial charge < -0.3 is 0 Å². The highest BCUT2D eigenvalue weighted by Crippen LogP contribution is 2.51. The average molecular weight is 200 g/mol. The Balaban J connectivity index is 1.87. The van der Waals surface area contributed by atoms with Crippen LogP contribution < -0.4 is 0 Å². The van der Waals surface area contributed by atoms with E-state index < -0.39 is 0 Å². The summed E-state index contributed by atoms with van der Waals surface area (Å²) >= 11 is 0. The first-order chi connectivity index (χ1) is 7.33. The second-order valence-electron chi connectivity index (χ2n) is 5.34. The molecule has 0 N–H and O–H groups in total. The highest BCUT2D eigenvalue weighted by Gasteiger charge is 2.49. The van der Waals surface area contributed by atoms with Crippen LogP contribution in [0.4, 0.5) is 0 Å². The summed E-state index contributed by atoms with van der Waals surface area (Å²) in [6.45, 7) is 3.28. The van der Waals surface area contributed by atoms with E-state index in [0.717, 1.165) is 18.0 Å². The van der Waals surface area contributed by atoms with E-state index in [0.29, 0.717) is 0 Å². The van der Waals surface area contributed by atoms with Gasteiger partial charge in [0.15, 0.2) is 0 Å². The minimum atomic E-state index is 0.806. The molecule has 4 atom stereocenters. The SMILES string of the molecule is Cc1cc2c(cn1)C1CC3CCC1N3C2. The second-order valence-corrected chi connectivity index (χ2v) is 5.34. The molecule has 0 amide bonds. The molecule has 15 heavy (non-hydrogen) atoms. The highest BCUT2D eigenvalue weighted by atomic mass is 15.2. The van der Waals surface area contributed by atoms with Gasteiger partial charge in [0.2, 0.25) is 0 Å². The first-order valence-corrected chi connectivity index (χ1v) is 6.04. The Morgan fingerprint density at radius 3 is 3.27 bits per heavy atom. The van der Waals surface area contributed by atoms with Gasteiger partial charge >= 0.3 is 0 Å². The molecule has 4 rings (SSSR count). The van der Waals surface area contributed by atoms with Crippen LogP contribution in [0.15, 0.2) is 12.3 Å². The van der Waals surface area contributed by atoms with Crippen molar-refractivity contribution in [3.05, 3.63) is 29.1 Å². The zero-order chi connectivity index (χ0) is 9.99. The van der Waals surface area contributed by atoms with Crippen LogP contribution in [-0.2, 0) is 6.54 Å². The summed E-state index contributed by atoms with van der Waals surface area (Å²) in [5.74, 6) is 0.806. The standard InChI is InChI=1S/C13H16N2/c1-8-4-9-7-15-10-2-3-13(15)11(5-10)12(9)6-14-8/h4,6,10-11,13H,2-3,5,7H2,1H3. The van der Waals surface area contributed by atoms with E-state index in [-0.39, 0.29) is 0 Å². The molecular weight excluding hydrogens is 184 g/mol. The molecule has 4 unspecified atom stereocenters. The van der Waals surface area contributed by atoms with Gasteiger partial charge in [0.05, 0.1) is 0 Å². The third-order valence-corrected chi connectivity index (χ3v) is 4.59. The molecule has 0 saturated carbocycles. The lowest BCUT2D eigenvalue weighted by atomic mass is 9.81. The molecule has 2 saturated heterocycles. The summed E-state index contributed by atoms with van der Waals surface area (Å²) in [4.78, 5) is 7.22. The molecule has 3 aliphatic rings. The first-order valence-electron chi connectivity index (χ1n) is 6.04. The predicted molar refractivity (Wildman–Crippen MR) is 58.7 cm³/mol. The van der Waals surface area contributed by atoms with Crippen LogP contribution in [0, 0.1) is 6.92 Å². The van der Waals surface area contributed by atoms with Crippen LogP contribution in [0.25, 0.3) is 0 Å². The van der Waals surface area contributed by atoms with Crippen molar-refractivity contribution in [2.45, 2.75) is 50.7 Å². The zero-order valence-electron chi connectivity index (χ0n) is 9.11. The van der Waals surface area contributed by atoms with E-state index in [4.69, 9.17) is 0 Å². The average Bonchev–Trinajstić information content (AvgIpc) is 2.73. The third-order valence-electron chi connectivity index (χ3n) is 4.59. The molecule has 2 fully saturated rings. The molecule has 4 heterocycles. The van der Waals surface area contributed by atoms with Crippen molar-refractivity contribution in [3.8, 4) is 0 Å². The number of rotatable bonds is 0. The molecule has 78 valence electrons. The van der Waals surface area contributed by atoms with Crippen LogP contribution >= 0.6 is 0 Å². The van der Waals surface area contributed by atoms with Gasteiger partial charge in [-0.2, -0.15) is 0 Å². The van der Waals surface area contributed by atoms with Crippen molar-refractivity contribution in [1.29, 1.82) is 0 Å². The fraction of sp³-hybridized carbons (Fsp3) is 0.615. The Kier molecular flexibility index (Phi) is 1.44. The molecule has 0 aliphatic carbocycles. The fourth-order valence-electron chi connectivity index (χ4n) is 3.98. The van der Waals surface area contributed by atoms with E-state index in [1.165, 1.54) is 31.5 Å². The fourth-order valence-corrected chi connectivity index (χ4v) is 3.98. The van der Waals surface area contributed by atoms with E-state index in [9.17, 15) is 0 Å². The number of hydrogen-bond donors (Lipinski definition) is 0. The summed E-state index contributed by atoms with van der Waals surface area (Å²) < 4.78 is 0. The number of aryl methyl sites for hydroxylation is 1. The lowest BCUT2D eigenvalue weighted by Crippen LogP contribution is -2.33. The lowest BCUT2D eigenvalue weighted by Gasteiger charge is -2.31. The normalized spacial score (nSPS) is 40.6. The van der Waals surface area contributed by atoms with Crippen LogP contribution in [0.1, 0.15) is 42.0 Å². The molecule has 0 aromatic carbocycles. The first kappa shape index (κ1) is 8.28. The quantitative estimate of drug-likeness (QED) is 0.638. The van der Waals surface area contributed by atoms with Crippen LogP contribution in [0.5, 0.6) is 0 Å². The minimum Gasteiger partial charge on any atom is -0.293 e. The van der Waals surface area contributed by atoms with Crippen LogP contribution in [-0.4, -0.2) is 22.0 Å². The molecule has 1 aromatic heterocycles. The second kappa shape index (κ2) is 2.62. The van der Waals surface area contributed by atoms with Crippen LogP contribution in [0.2, 0.25) is 0 Å². The Labute approximate surface area is 90.3 Å². The van der Waals surface area contributed by atoms with E-state index in [1.807, 2.05) is 0 Å². The smallest absolute Gasteiger partial charge is 0.0376 e. The van der Waals surface area contributed by atoms with Gasteiger partial charge in [-0.3, -0.25) is 9.88 Å². The summed E-state index contributed by atoms with van der Waals surface area (Å²) in [6, 6.07) is 4.03. The summed E-state index contributed by atoms with van der Waals surface area (Å²) in [5.41, 5.74) is 4.28. The molecular formula is C13H16N2. The van der Waals surface area contributed by atoms with Gasteiger partial charge in [0.1, 0.15) is 0 Å². The molecule has 2 heteroatoms. The van der Waals surface area contributed by atoms with Gasteiger partial charge in [-0.05, 0) is 43.4 Å². The number of nitrogens with zero attached hydrogens (tertiary/aromatic N) is 2. The zero-order valence-corrected chi connectivity index (χ0v) is 9.11. The van der Waals surface area contributed by atoms with E-state index in [1.54, 1.807) is 11.1 Å². The Morgan fingerprint density at radius 2 is 2.33 bits per heavy atom. The summed E-state index contributed by atoms with van der Waals surface area (Å²) in [6.07, 6.45) is 6.39. The Hall–Kier alpha value is -0.890. The molecule has 1 aromatic rings. The van der Waals surface area contributed by atoms with E-state index >= 15 is 0 Å². The van der Waals surface area contributed by atoms with E-state index in [2.05, 4.69) is 29.1 Å². The number of fused-ring (bicyclic) bond motifs is 2. The third kappa shape index (κ3) is 0.957. The van der Waals surface area contributed by atoms with Gasteiger partial charge in [-0.15, -0.1) is 0 Å². The minimum absolute atomic E-state index is 0.806. The summed E-state index contributed by atoms with van der Waals surface area (Å²) in [5, 5.41) is 0. The topological polar surface area (TPSA) is 16.1 Å². The lowest BCUT2D eigenvalue weighted by molar-refractivity contribution is 0.227. The number of hydrogen-bond acceptors (Lipinski definition) is 2. The van der Waals surface area contributed by atoms with Gasteiger partial charge in [-0.25, -0.2) is 0 Å². The summed E-state index contributed by atoms with van der Waals surface area (Å²) in [7, 11) is 0. The maximum absolute atomic E-state index is 4.47. The molecule has 3 aliphatic heterocycles. The van der Waals surface area contributed by atoms with Crippen molar-refractivity contribution >= 4 is 0 Å². The van der Waals surface area contributed by atoms with Crippen molar-refractivity contribution in [3.63, 3.8) is 0 Å². The number of aromatic nitrogens is 1. The molecule has 0 spiro atoms. The van der Waals surface area contributed by atoms with Gasteiger partial charge in [0.25, 0.3) is 0 Å². The maximum atomic E-state index is 4.47. The van der Waals surface area contributed by atoms with Crippen molar-refractivity contribution in [1.82, 2.24) is 9.88 Å². The molecule has 2 nitrogen and oxygen atoms in total. The molecule has 4 bridgehead atoms. The maximum Gasteiger partial charge on any atom is 0.0376 e. The van der Waals surface area contributed by atoms with Gasteiger partial charge in [-0.1, -0.05) is 0 Å². The monoisotopic (exact) mass is 200 g/mol. The number of pyridine rings is 1. The van der Waals surface area contributed by atoms with Crippen molar-refractivity contribution < 1.29 is 0 Å². The van der Waals surface area contributed by atoms with Crippen molar-refractivity contribution in [2.75, 3.05) is 0 Å². The molecule has 0 radical (unpaired) electrons. The van der Waals surface area contributed by atoms with Gasteiger partial charge in [0, 0.05) is 36.4 Å². The Morgan fingerprint density at radius 1 is 1.40 bits per heavy atom. The van der Waals surface area contributed by atoms with Crippen molar-refractivity contribution in [2.24, 2.45) is 0 Å². The highest BCUT2D eigenvalue weighted by molar-refractivity contribution is 5.36.